The van der Waals surface area contributed by atoms with Crippen LogP contribution in [-0.4, -0.2) is 29.5 Å². The molecular weight excluding hydrogens is 284 g/mol. The first-order chi connectivity index (χ1) is 9.33. The number of hydrogen-bond donors (Lipinski definition) is 4. The Labute approximate surface area is 114 Å². The molecule has 0 radical (unpaired) electrons. The number of anilines is 2. The molecule has 10 heteroatoms. The Morgan fingerprint density at radius 3 is 2.45 bits per heavy atom. The third-order valence-electron chi connectivity index (χ3n) is 2.30. The molecule has 2 rings (SSSR count). The van der Waals surface area contributed by atoms with Crippen molar-refractivity contribution in [1.29, 1.82) is 0 Å². The number of aromatic amines is 1. The second-order valence-electron chi connectivity index (χ2n) is 4.00. The molecule has 0 bridgehead atoms. The predicted molar refractivity (Wildman–Crippen MR) is 72.0 cm³/mol. The summed E-state index contributed by atoms with van der Waals surface area (Å²) in [6.45, 7) is 0. The quantitative estimate of drug-likeness (QED) is 0.591. The van der Waals surface area contributed by atoms with E-state index in [4.69, 9.17) is 10.9 Å². The van der Waals surface area contributed by atoms with Crippen molar-refractivity contribution in [2.75, 3.05) is 11.1 Å². The summed E-state index contributed by atoms with van der Waals surface area (Å²) < 4.78 is 21.9. The van der Waals surface area contributed by atoms with Gasteiger partial charge in [0.2, 0.25) is 21.8 Å². The molecule has 0 aliphatic rings. The number of carbonyl (C=O) groups is 1. The molecule has 1 amide bonds. The van der Waals surface area contributed by atoms with Crippen LogP contribution in [0.15, 0.2) is 24.3 Å². The number of carbonyl (C=O) groups excluding carboxylic acids is 1. The molecule has 0 spiro atoms. The average Bonchev–Trinajstić information content (AvgIpc) is 2.77. The van der Waals surface area contributed by atoms with Crippen LogP contribution in [0.5, 0.6) is 0 Å². The third-order valence-corrected chi connectivity index (χ3v) is 3.03. The minimum atomic E-state index is -3.58. The topological polar surface area (TPSA) is 157 Å². The van der Waals surface area contributed by atoms with E-state index >= 15 is 0 Å². The number of nitrogens with one attached hydrogen (secondary N) is 2. The molecule has 106 valence electrons. The number of benzene rings is 1. The Morgan fingerprint density at radius 1 is 1.30 bits per heavy atom. The summed E-state index contributed by atoms with van der Waals surface area (Å²) in [6.07, 6.45) is 0. The van der Waals surface area contributed by atoms with Gasteiger partial charge in [0, 0.05) is 5.69 Å². The van der Waals surface area contributed by atoms with Gasteiger partial charge in [-0.3, -0.25) is 9.89 Å². The molecule has 0 unspecified atom stereocenters. The van der Waals surface area contributed by atoms with Crippen LogP contribution in [0.2, 0.25) is 0 Å². The molecule has 1 aromatic heterocycles. The van der Waals surface area contributed by atoms with Gasteiger partial charge in [0.25, 0.3) is 5.91 Å². The van der Waals surface area contributed by atoms with E-state index in [2.05, 4.69) is 20.5 Å². The second-order valence-corrected chi connectivity index (χ2v) is 5.61. The van der Waals surface area contributed by atoms with Gasteiger partial charge >= 0.3 is 0 Å². The number of amides is 1. The lowest BCUT2D eigenvalue weighted by molar-refractivity contribution is 0.101. The van der Waals surface area contributed by atoms with E-state index in [9.17, 15) is 13.2 Å². The lowest BCUT2D eigenvalue weighted by Crippen LogP contribution is -2.15. The maximum Gasteiger partial charge on any atom is 0.293 e. The average molecular weight is 296 g/mol. The van der Waals surface area contributed by atoms with Gasteiger partial charge in [0.1, 0.15) is 0 Å². The zero-order chi connectivity index (χ0) is 14.8. The highest BCUT2D eigenvalue weighted by atomic mass is 32.2. The molecule has 20 heavy (non-hydrogen) atoms. The zero-order valence-corrected chi connectivity index (χ0v) is 11.0. The largest absolute Gasteiger partial charge is 0.366 e. The number of H-pyrrole nitrogens is 1. The molecule has 0 saturated carbocycles. The van der Waals surface area contributed by atoms with Gasteiger partial charge in [-0.05, 0) is 17.7 Å². The Kier molecular flexibility index (Phi) is 3.68. The van der Waals surface area contributed by atoms with Crippen molar-refractivity contribution in [3.05, 3.63) is 35.7 Å². The van der Waals surface area contributed by atoms with Gasteiger partial charge in [-0.15, -0.1) is 5.10 Å². The smallest absolute Gasteiger partial charge is 0.293 e. The molecule has 9 nitrogen and oxygen atoms in total. The SMILES string of the molecule is Nc1n[nH]c(C(=O)Nc2ccc(CS(N)(=O)=O)cc2)n1. The first-order valence-corrected chi connectivity index (χ1v) is 7.14. The van der Waals surface area contributed by atoms with E-state index in [-0.39, 0.29) is 17.5 Å². The van der Waals surface area contributed by atoms with Crippen molar-refractivity contribution < 1.29 is 13.2 Å². The lowest BCUT2D eigenvalue weighted by Gasteiger charge is -2.04. The van der Waals surface area contributed by atoms with Crippen LogP contribution in [0.25, 0.3) is 0 Å². The lowest BCUT2D eigenvalue weighted by atomic mass is 10.2. The number of nitrogens with two attached hydrogens (primary N) is 2. The van der Waals surface area contributed by atoms with Crippen molar-refractivity contribution in [1.82, 2.24) is 15.2 Å². The number of sulfonamides is 1. The summed E-state index contributed by atoms with van der Waals surface area (Å²) in [5, 5.41) is 13.4. The van der Waals surface area contributed by atoms with E-state index < -0.39 is 15.9 Å². The number of nitrogens with zero attached hydrogens (tertiary/aromatic N) is 2. The molecule has 0 aliphatic heterocycles. The van der Waals surface area contributed by atoms with Crippen molar-refractivity contribution in [2.24, 2.45) is 5.14 Å². The monoisotopic (exact) mass is 296 g/mol. The Bertz CT molecular complexity index is 722. The van der Waals surface area contributed by atoms with E-state index in [0.29, 0.717) is 11.3 Å². The minimum absolute atomic E-state index is 0.0175. The molecule has 0 atom stereocenters. The fourth-order valence-electron chi connectivity index (χ4n) is 1.48. The first-order valence-electron chi connectivity index (χ1n) is 5.42. The van der Waals surface area contributed by atoms with Crippen molar-refractivity contribution in [3.8, 4) is 0 Å². The van der Waals surface area contributed by atoms with Crippen LogP contribution in [0, 0.1) is 0 Å². The van der Waals surface area contributed by atoms with Gasteiger partial charge in [-0.1, -0.05) is 12.1 Å². The van der Waals surface area contributed by atoms with Gasteiger partial charge in [0.05, 0.1) is 5.75 Å². The number of primary sulfonamides is 1. The first kappa shape index (κ1) is 14.0. The zero-order valence-electron chi connectivity index (χ0n) is 10.2. The van der Waals surface area contributed by atoms with E-state index in [0.717, 1.165) is 0 Å². The molecule has 6 N–H and O–H groups in total. The highest BCUT2D eigenvalue weighted by Gasteiger charge is 2.11. The van der Waals surface area contributed by atoms with Crippen LogP contribution in [0.3, 0.4) is 0 Å². The van der Waals surface area contributed by atoms with Crippen LogP contribution < -0.4 is 16.2 Å². The highest BCUT2D eigenvalue weighted by Crippen LogP contribution is 2.12. The van der Waals surface area contributed by atoms with E-state index in [1.165, 1.54) is 0 Å². The molecule has 1 heterocycles. The van der Waals surface area contributed by atoms with Gasteiger partial charge < -0.3 is 11.1 Å². The van der Waals surface area contributed by atoms with Gasteiger partial charge in [-0.25, -0.2) is 13.6 Å². The second kappa shape index (κ2) is 5.27. The molecule has 0 saturated heterocycles. The van der Waals surface area contributed by atoms with Crippen LogP contribution >= 0.6 is 0 Å². The van der Waals surface area contributed by atoms with E-state index in [1.54, 1.807) is 24.3 Å². The predicted octanol–water partition coefficient (Wildman–Crippen LogP) is -0.572. The summed E-state index contributed by atoms with van der Waals surface area (Å²) >= 11 is 0. The van der Waals surface area contributed by atoms with Crippen molar-refractivity contribution in [2.45, 2.75) is 5.75 Å². The molecular formula is C10H12N6O3S. The van der Waals surface area contributed by atoms with Crippen molar-refractivity contribution in [3.63, 3.8) is 0 Å². The molecule has 1 aromatic carbocycles. The maximum absolute atomic E-state index is 11.7. The normalized spacial score (nSPS) is 11.2. The Hall–Kier alpha value is -2.46. The van der Waals surface area contributed by atoms with Crippen LogP contribution in [0.1, 0.15) is 16.2 Å². The number of hydrogen-bond acceptors (Lipinski definition) is 6. The fourth-order valence-corrected chi connectivity index (χ4v) is 2.14. The fraction of sp³-hybridized carbons (Fsp3) is 0.100. The third kappa shape index (κ3) is 3.76. The van der Waals surface area contributed by atoms with Crippen LogP contribution in [-0.2, 0) is 15.8 Å². The molecule has 2 aromatic rings. The Morgan fingerprint density at radius 2 is 1.95 bits per heavy atom. The summed E-state index contributed by atoms with van der Waals surface area (Å²) in [5.41, 5.74) is 6.28. The maximum atomic E-state index is 11.7. The summed E-state index contributed by atoms with van der Waals surface area (Å²) in [7, 11) is -3.58. The summed E-state index contributed by atoms with van der Waals surface area (Å²) in [5.74, 6) is -0.817. The number of rotatable bonds is 4. The van der Waals surface area contributed by atoms with Gasteiger partial charge in [0.15, 0.2) is 0 Å². The van der Waals surface area contributed by atoms with E-state index in [1.807, 2.05) is 0 Å². The Balaban J connectivity index is 2.06. The standard InChI is InChI=1S/C10H12N6O3S/c11-10-14-8(15-16-10)9(17)13-7-3-1-6(2-4-7)5-20(12,18)19/h1-4H,5H2,(H,13,17)(H2,12,18,19)(H3,11,14,15,16). The van der Waals surface area contributed by atoms with Crippen LogP contribution in [0.4, 0.5) is 11.6 Å². The molecule has 0 aliphatic carbocycles. The van der Waals surface area contributed by atoms with Gasteiger partial charge in [-0.2, -0.15) is 4.98 Å². The van der Waals surface area contributed by atoms with Crippen molar-refractivity contribution >= 4 is 27.6 Å². The minimum Gasteiger partial charge on any atom is -0.366 e. The highest BCUT2D eigenvalue weighted by molar-refractivity contribution is 7.88. The number of aromatic nitrogens is 3. The summed E-state index contributed by atoms with van der Waals surface area (Å²) in [4.78, 5) is 15.4. The number of nitrogen functional groups attached to an aromatic ring is 1. The summed E-state index contributed by atoms with van der Waals surface area (Å²) in [6, 6.07) is 6.21. The molecule has 0 fully saturated rings.